The SMILES string of the molecule is CN1CCN=C1c1ccc(N2C[C@H](CNC(=O)c3ccc(Br)s3)OC2=O)cc1. The lowest BCUT2D eigenvalue weighted by atomic mass is 10.1. The van der Waals surface area contributed by atoms with Crippen LogP contribution in [-0.4, -0.2) is 62.1 Å². The number of amidine groups is 1. The molecule has 0 spiro atoms. The predicted molar refractivity (Wildman–Crippen MR) is 112 cm³/mol. The molecule has 1 N–H and O–H groups in total. The van der Waals surface area contributed by atoms with Crippen molar-refractivity contribution in [1.82, 2.24) is 10.2 Å². The van der Waals surface area contributed by atoms with Gasteiger partial charge >= 0.3 is 6.09 Å². The lowest BCUT2D eigenvalue weighted by molar-refractivity contribution is 0.0920. The summed E-state index contributed by atoms with van der Waals surface area (Å²) in [5.74, 6) is 0.798. The zero-order valence-corrected chi connectivity index (χ0v) is 17.6. The molecular formula is C19H19BrN4O3S. The number of nitrogens with one attached hydrogen (secondary N) is 1. The number of amides is 2. The smallest absolute Gasteiger partial charge is 0.414 e. The minimum Gasteiger partial charge on any atom is -0.442 e. The van der Waals surface area contributed by atoms with Crippen molar-refractivity contribution in [2.24, 2.45) is 4.99 Å². The van der Waals surface area contributed by atoms with Crippen LogP contribution in [0.2, 0.25) is 0 Å². The third kappa shape index (κ3) is 3.90. The third-order valence-electron chi connectivity index (χ3n) is 4.66. The number of aliphatic imine (C=N–C) groups is 1. The fraction of sp³-hybridized carbons (Fsp3) is 0.316. The Hall–Kier alpha value is -2.39. The number of cyclic esters (lactones) is 1. The molecule has 0 radical (unpaired) electrons. The molecule has 2 amide bonds. The number of benzene rings is 1. The largest absolute Gasteiger partial charge is 0.442 e. The maximum atomic E-state index is 12.3. The summed E-state index contributed by atoms with van der Waals surface area (Å²) < 4.78 is 6.30. The van der Waals surface area contributed by atoms with Gasteiger partial charge in [0.1, 0.15) is 11.9 Å². The van der Waals surface area contributed by atoms with Crippen LogP contribution >= 0.6 is 27.3 Å². The van der Waals surface area contributed by atoms with Gasteiger partial charge in [0.2, 0.25) is 0 Å². The zero-order chi connectivity index (χ0) is 19.7. The van der Waals surface area contributed by atoms with Gasteiger partial charge in [-0.15, -0.1) is 11.3 Å². The molecule has 2 aliphatic rings. The van der Waals surface area contributed by atoms with Gasteiger partial charge in [0.15, 0.2) is 0 Å². The van der Waals surface area contributed by atoms with Gasteiger partial charge in [-0.3, -0.25) is 14.7 Å². The number of thiophene rings is 1. The van der Waals surface area contributed by atoms with E-state index < -0.39 is 6.09 Å². The predicted octanol–water partition coefficient (Wildman–Crippen LogP) is 2.96. The first-order chi connectivity index (χ1) is 13.5. The molecule has 1 saturated heterocycles. The van der Waals surface area contributed by atoms with E-state index in [1.54, 1.807) is 11.0 Å². The number of hydrogen-bond acceptors (Lipinski definition) is 6. The maximum Gasteiger partial charge on any atom is 0.414 e. The average Bonchev–Trinajstić information content (AvgIpc) is 3.40. The minimum atomic E-state index is -0.402. The van der Waals surface area contributed by atoms with Crippen molar-refractivity contribution in [2.75, 3.05) is 38.1 Å². The lowest BCUT2D eigenvalue weighted by Crippen LogP contribution is -2.34. The first-order valence-electron chi connectivity index (χ1n) is 8.89. The highest BCUT2D eigenvalue weighted by molar-refractivity contribution is 9.11. The normalized spacial score (nSPS) is 19.0. The van der Waals surface area contributed by atoms with E-state index in [1.807, 2.05) is 37.4 Å². The standard InChI is InChI=1S/C19H19BrN4O3S/c1-23-9-8-21-17(23)12-2-4-13(5-3-12)24-11-14(27-19(24)26)10-22-18(25)15-6-7-16(20)28-15/h2-7,14H,8-11H2,1H3,(H,22,25)/t14-/m0/s1. The van der Waals surface area contributed by atoms with Crippen molar-refractivity contribution < 1.29 is 14.3 Å². The topological polar surface area (TPSA) is 74.2 Å². The molecule has 7 nitrogen and oxygen atoms in total. The molecule has 4 rings (SSSR count). The van der Waals surface area contributed by atoms with Crippen LogP contribution in [0, 0.1) is 0 Å². The second-order valence-corrected chi connectivity index (χ2v) is 9.07. The molecule has 3 heterocycles. The number of carbonyl (C=O) groups excluding carboxylic acids is 2. The molecule has 9 heteroatoms. The molecule has 1 fully saturated rings. The monoisotopic (exact) mass is 462 g/mol. The fourth-order valence-electron chi connectivity index (χ4n) is 3.20. The average molecular weight is 463 g/mol. The highest BCUT2D eigenvalue weighted by Crippen LogP contribution is 2.24. The molecule has 0 unspecified atom stereocenters. The Balaban J connectivity index is 1.36. The van der Waals surface area contributed by atoms with Gasteiger partial charge in [0.05, 0.1) is 28.3 Å². The molecule has 2 aliphatic heterocycles. The summed E-state index contributed by atoms with van der Waals surface area (Å²) in [5, 5.41) is 2.82. The molecule has 0 aliphatic carbocycles. The van der Waals surface area contributed by atoms with Gasteiger partial charge in [-0.05, 0) is 52.3 Å². The number of likely N-dealkylation sites (N-methyl/N-ethyl adjacent to an activating group) is 1. The Bertz CT molecular complexity index is 928. The van der Waals surface area contributed by atoms with Crippen molar-refractivity contribution in [3.05, 3.63) is 50.6 Å². The van der Waals surface area contributed by atoms with Gasteiger partial charge in [0.25, 0.3) is 5.91 Å². The third-order valence-corrected chi connectivity index (χ3v) is 6.28. The number of anilines is 1. The Labute approximate surface area is 175 Å². The molecule has 0 bridgehead atoms. The first kappa shape index (κ1) is 18.9. The number of rotatable bonds is 5. The van der Waals surface area contributed by atoms with Crippen LogP contribution in [0.15, 0.2) is 45.2 Å². The Morgan fingerprint density at radius 1 is 1.32 bits per heavy atom. The summed E-state index contributed by atoms with van der Waals surface area (Å²) in [4.78, 5) is 33.2. The van der Waals surface area contributed by atoms with Crippen molar-refractivity contribution in [3.63, 3.8) is 0 Å². The van der Waals surface area contributed by atoms with Crippen LogP contribution in [0.3, 0.4) is 0 Å². The highest BCUT2D eigenvalue weighted by atomic mass is 79.9. The molecule has 0 saturated carbocycles. The summed E-state index contributed by atoms with van der Waals surface area (Å²) >= 11 is 4.70. The number of hydrogen-bond donors (Lipinski definition) is 1. The number of carbonyl (C=O) groups is 2. The Morgan fingerprint density at radius 3 is 2.75 bits per heavy atom. The summed E-state index contributed by atoms with van der Waals surface area (Å²) in [5.41, 5.74) is 1.80. The minimum absolute atomic E-state index is 0.170. The van der Waals surface area contributed by atoms with Gasteiger partial charge in [-0.25, -0.2) is 4.79 Å². The Kier molecular flexibility index (Phi) is 5.36. The summed E-state index contributed by atoms with van der Waals surface area (Å²) in [7, 11) is 2.02. The van der Waals surface area contributed by atoms with Crippen LogP contribution in [-0.2, 0) is 4.74 Å². The highest BCUT2D eigenvalue weighted by Gasteiger charge is 2.32. The summed E-state index contributed by atoms with van der Waals surface area (Å²) in [6, 6.07) is 11.3. The van der Waals surface area contributed by atoms with Crippen molar-refractivity contribution >= 4 is 50.8 Å². The van der Waals surface area contributed by atoms with Gasteiger partial charge < -0.3 is 15.0 Å². The van der Waals surface area contributed by atoms with E-state index in [4.69, 9.17) is 4.74 Å². The zero-order valence-electron chi connectivity index (χ0n) is 15.2. The van der Waals surface area contributed by atoms with Gasteiger partial charge in [-0.1, -0.05) is 0 Å². The second-order valence-electron chi connectivity index (χ2n) is 6.60. The quantitative estimate of drug-likeness (QED) is 0.740. The van der Waals surface area contributed by atoms with E-state index in [1.165, 1.54) is 11.3 Å². The molecule has 146 valence electrons. The van der Waals surface area contributed by atoms with Crippen molar-refractivity contribution in [1.29, 1.82) is 0 Å². The van der Waals surface area contributed by atoms with Crippen LogP contribution in [0.25, 0.3) is 0 Å². The number of nitrogens with zero attached hydrogens (tertiary/aromatic N) is 3. The van der Waals surface area contributed by atoms with Crippen LogP contribution < -0.4 is 10.2 Å². The molecule has 28 heavy (non-hydrogen) atoms. The van der Waals surface area contributed by atoms with Gasteiger partial charge in [-0.2, -0.15) is 0 Å². The van der Waals surface area contributed by atoms with E-state index in [0.29, 0.717) is 11.4 Å². The van der Waals surface area contributed by atoms with E-state index in [9.17, 15) is 9.59 Å². The molecule has 1 aromatic heterocycles. The van der Waals surface area contributed by atoms with Crippen LogP contribution in [0.5, 0.6) is 0 Å². The lowest BCUT2D eigenvalue weighted by Gasteiger charge is -2.16. The van der Waals surface area contributed by atoms with Gasteiger partial charge in [0, 0.05) is 24.8 Å². The van der Waals surface area contributed by atoms with Crippen LogP contribution in [0.1, 0.15) is 15.2 Å². The van der Waals surface area contributed by atoms with E-state index >= 15 is 0 Å². The molecular weight excluding hydrogens is 444 g/mol. The van der Waals surface area contributed by atoms with Crippen molar-refractivity contribution in [2.45, 2.75) is 6.10 Å². The molecule has 1 aromatic carbocycles. The van der Waals surface area contributed by atoms with Crippen LogP contribution in [0.4, 0.5) is 10.5 Å². The van der Waals surface area contributed by atoms with Crippen molar-refractivity contribution in [3.8, 4) is 0 Å². The summed E-state index contributed by atoms with van der Waals surface area (Å²) in [6.45, 7) is 2.40. The van der Waals surface area contributed by atoms with E-state index in [0.717, 1.165) is 34.0 Å². The van der Waals surface area contributed by atoms with E-state index in [-0.39, 0.29) is 18.6 Å². The fourth-order valence-corrected chi connectivity index (χ4v) is 4.51. The Morgan fingerprint density at radius 2 is 2.11 bits per heavy atom. The molecule has 1 atom stereocenters. The van der Waals surface area contributed by atoms with E-state index in [2.05, 4.69) is 31.1 Å². The molecule has 2 aromatic rings. The number of ether oxygens (including phenoxy) is 1. The number of halogens is 1. The summed E-state index contributed by atoms with van der Waals surface area (Å²) in [6.07, 6.45) is -0.786. The maximum absolute atomic E-state index is 12.3. The first-order valence-corrected chi connectivity index (χ1v) is 10.5. The second kappa shape index (κ2) is 7.92.